The van der Waals surface area contributed by atoms with Gasteiger partial charge in [-0.05, 0) is 56.0 Å². The summed E-state index contributed by atoms with van der Waals surface area (Å²) in [5.74, 6) is 0.766. The first kappa shape index (κ1) is 16.8. The average Bonchev–Trinajstić information content (AvgIpc) is 2.61. The van der Waals surface area contributed by atoms with E-state index in [1.54, 1.807) is 6.07 Å². The van der Waals surface area contributed by atoms with E-state index in [0.717, 1.165) is 30.5 Å². The lowest BCUT2D eigenvalue weighted by molar-refractivity contribution is 0.0635. The molecule has 1 fully saturated rings. The van der Waals surface area contributed by atoms with Gasteiger partial charge in [-0.15, -0.1) is 0 Å². The Kier molecular flexibility index (Phi) is 5.41. The third-order valence-corrected chi connectivity index (χ3v) is 4.78. The molecule has 0 radical (unpaired) electrons. The molecule has 0 aliphatic carbocycles. The van der Waals surface area contributed by atoms with Crippen LogP contribution in [0, 0.1) is 0 Å². The molecule has 2 aromatic carbocycles. The van der Waals surface area contributed by atoms with Crippen molar-refractivity contribution < 1.29 is 9.53 Å². The number of nitrogens with zero attached hydrogens (tertiary/aromatic N) is 1. The van der Waals surface area contributed by atoms with Crippen molar-refractivity contribution in [3.8, 4) is 5.75 Å². The number of halogens is 1. The van der Waals surface area contributed by atoms with Crippen LogP contribution in [0.15, 0.2) is 48.5 Å². The van der Waals surface area contributed by atoms with Gasteiger partial charge in [0.2, 0.25) is 0 Å². The molecule has 4 heteroatoms. The van der Waals surface area contributed by atoms with Crippen molar-refractivity contribution >= 4 is 17.5 Å². The molecule has 0 aromatic heterocycles. The van der Waals surface area contributed by atoms with Gasteiger partial charge in [0.05, 0.1) is 5.02 Å². The van der Waals surface area contributed by atoms with Crippen LogP contribution in [0.5, 0.6) is 5.75 Å². The second-order valence-corrected chi connectivity index (χ2v) is 6.67. The standard InChI is InChI=1S/C20H22ClNO2/c1-15-7-4-5-12-22(15)20(23)17-9-6-8-16(13-17)14-24-19-11-3-2-10-18(19)21/h2-3,6,8-11,13,15H,4-5,7,12,14H2,1H3/t15-/m1/s1. The predicted octanol–water partition coefficient (Wildman–Crippen LogP) is 4.93. The van der Waals surface area contributed by atoms with Crippen LogP contribution in [0.25, 0.3) is 0 Å². The van der Waals surface area contributed by atoms with E-state index in [9.17, 15) is 4.79 Å². The molecule has 0 spiro atoms. The fraction of sp³-hybridized carbons (Fsp3) is 0.350. The van der Waals surface area contributed by atoms with Crippen LogP contribution >= 0.6 is 11.6 Å². The number of likely N-dealkylation sites (tertiary alicyclic amines) is 1. The van der Waals surface area contributed by atoms with Crippen molar-refractivity contribution in [3.63, 3.8) is 0 Å². The van der Waals surface area contributed by atoms with Crippen molar-refractivity contribution in [2.45, 2.75) is 38.8 Å². The fourth-order valence-electron chi connectivity index (χ4n) is 3.08. The fourth-order valence-corrected chi connectivity index (χ4v) is 3.27. The maximum absolute atomic E-state index is 12.8. The summed E-state index contributed by atoms with van der Waals surface area (Å²) in [6, 6.07) is 15.4. The number of hydrogen-bond donors (Lipinski definition) is 0. The van der Waals surface area contributed by atoms with Crippen LogP contribution in [0.2, 0.25) is 5.02 Å². The zero-order chi connectivity index (χ0) is 16.9. The number of amides is 1. The average molecular weight is 344 g/mol. The normalized spacial score (nSPS) is 17.6. The summed E-state index contributed by atoms with van der Waals surface area (Å²) in [6.45, 7) is 3.36. The SMILES string of the molecule is C[C@@H]1CCCCN1C(=O)c1cccc(COc2ccccc2Cl)c1. The number of hydrogen-bond acceptors (Lipinski definition) is 2. The molecule has 1 heterocycles. The smallest absolute Gasteiger partial charge is 0.254 e. The minimum absolute atomic E-state index is 0.113. The molecule has 1 atom stereocenters. The topological polar surface area (TPSA) is 29.5 Å². The van der Waals surface area contributed by atoms with E-state index < -0.39 is 0 Å². The summed E-state index contributed by atoms with van der Waals surface area (Å²) in [4.78, 5) is 14.7. The molecule has 0 bridgehead atoms. The van der Waals surface area contributed by atoms with Crippen LogP contribution in [-0.2, 0) is 6.61 Å². The van der Waals surface area contributed by atoms with Gasteiger partial charge in [0.1, 0.15) is 12.4 Å². The number of para-hydroxylation sites is 1. The third kappa shape index (κ3) is 3.90. The summed E-state index contributed by atoms with van der Waals surface area (Å²) in [7, 11) is 0. The van der Waals surface area contributed by atoms with E-state index in [-0.39, 0.29) is 5.91 Å². The van der Waals surface area contributed by atoms with Crippen LogP contribution in [-0.4, -0.2) is 23.4 Å². The van der Waals surface area contributed by atoms with E-state index in [4.69, 9.17) is 16.3 Å². The van der Waals surface area contributed by atoms with E-state index in [1.807, 2.05) is 47.4 Å². The Morgan fingerprint density at radius 2 is 2.04 bits per heavy atom. The van der Waals surface area contributed by atoms with Gasteiger partial charge in [0.15, 0.2) is 0 Å². The highest BCUT2D eigenvalue weighted by Crippen LogP contribution is 2.24. The van der Waals surface area contributed by atoms with Gasteiger partial charge in [-0.3, -0.25) is 4.79 Å². The molecule has 0 N–H and O–H groups in total. The minimum Gasteiger partial charge on any atom is -0.487 e. The van der Waals surface area contributed by atoms with E-state index >= 15 is 0 Å². The van der Waals surface area contributed by atoms with Crippen molar-refractivity contribution in [3.05, 3.63) is 64.7 Å². The predicted molar refractivity (Wildman–Crippen MR) is 96.6 cm³/mol. The monoisotopic (exact) mass is 343 g/mol. The van der Waals surface area contributed by atoms with E-state index in [2.05, 4.69) is 6.92 Å². The lowest BCUT2D eigenvalue weighted by atomic mass is 10.0. The number of rotatable bonds is 4. The van der Waals surface area contributed by atoms with Crippen molar-refractivity contribution in [1.82, 2.24) is 4.90 Å². The maximum atomic E-state index is 12.8. The van der Waals surface area contributed by atoms with Crippen molar-refractivity contribution in [2.75, 3.05) is 6.54 Å². The zero-order valence-electron chi connectivity index (χ0n) is 13.9. The third-order valence-electron chi connectivity index (χ3n) is 4.47. The summed E-state index contributed by atoms with van der Waals surface area (Å²) in [5, 5.41) is 0.590. The number of ether oxygens (including phenoxy) is 1. The molecular weight excluding hydrogens is 322 g/mol. The van der Waals surface area contributed by atoms with Crippen molar-refractivity contribution in [1.29, 1.82) is 0 Å². The number of piperidine rings is 1. The Bertz CT molecular complexity index is 716. The zero-order valence-corrected chi connectivity index (χ0v) is 14.6. The van der Waals surface area contributed by atoms with E-state index in [1.165, 1.54) is 6.42 Å². The van der Waals surface area contributed by atoms with Crippen LogP contribution in [0.3, 0.4) is 0 Å². The van der Waals surface area contributed by atoms with Gasteiger partial charge < -0.3 is 9.64 Å². The van der Waals surface area contributed by atoms with Gasteiger partial charge in [0.25, 0.3) is 5.91 Å². The van der Waals surface area contributed by atoms with Gasteiger partial charge in [0, 0.05) is 18.2 Å². The highest BCUT2D eigenvalue weighted by molar-refractivity contribution is 6.32. The molecule has 2 aromatic rings. The molecule has 126 valence electrons. The molecule has 1 saturated heterocycles. The largest absolute Gasteiger partial charge is 0.487 e. The Morgan fingerprint density at radius 1 is 1.21 bits per heavy atom. The Morgan fingerprint density at radius 3 is 2.83 bits per heavy atom. The Balaban J connectivity index is 1.70. The molecule has 1 aliphatic heterocycles. The second kappa shape index (κ2) is 7.71. The van der Waals surface area contributed by atoms with E-state index in [0.29, 0.717) is 23.4 Å². The minimum atomic E-state index is 0.113. The molecule has 1 amide bonds. The Hall–Kier alpha value is -2.00. The quantitative estimate of drug-likeness (QED) is 0.787. The maximum Gasteiger partial charge on any atom is 0.254 e. The highest BCUT2D eigenvalue weighted by Gasteiger charge is 2.24. The summed E-state index contributed by atoms with van der Waals surface area (Å²) in [6.07, 6.45) is 3.38. The van der Waals surface area contributed by atoms with Crippen LogP contribution in [0.1, 0.15) is 42.1 Å². The first-order valence-corrected chi connectivity index (χ1v) is 8.80. The second-order valence-electron chi connectivity index (χ2n) is 6.26. The molecule has 3 nitrogen and oxygen atoms in total. The highest BCUT2D eigenvalue weighted by atomic mass is 35.5. The van der Waals surface area contributed by atoms with Crippen molar-refractivity contribution in [2.24, 2.45) is 0 Å². The molecule has 0 saturated carbocycles. The first-order valence-electron chi connectivity index (χ1n) is 8.42. The first-order chi connectivity index (χ1) is 11.6. The summed E-state index contributed by atoms with van der Waals surface area (Å²) < 4.78 is 5.77. The van der Waals surface area contributed by atoms with Gasteiger partial charge in [-0.1, -0.05) is 35.9 Å². The van der Waals surface area contributed by atoms with Gasteiger partial charge >= 0.3 is 0 Å². The Labute approximate surface area is 148 Å². The molecule has 3 rings (SSSR count). The molecule has 0 unspecified atom stereocenters. The van der Waals surface area contributed by atoms with Crippen LogP contribution in [0.4, 0.5) is 0 Å². The summed E-state index contributed by atoms with van der Waals surface area (Å²) >= 11 is 6.10. The number of carbonyl (C=O) groups is 1. The van der Waals surface area contributed by atoms with Gasteiger partial charge in [-0.2, -0.15) is 0 Å². The number of benzene rings is 2. The molecule has 24 heavy (non-hydrogen) atoms. The van der Waals surface area contributed by atoms with Gasteiger partial charge in [-0.25, -0.2) is 0 Å². The number of carbonyl (C=O) groups excluding carboxylic acids is 1. The lowest BCUT2D eigenvalue weighted by Crippen LogP contribution is -2.42. The summed E-state index contributed by atoms with van der Waals surface area (Å²) in [5.41, 5.74) is 1.69. The van der Waals surface area contributed by atoms with Crippen LogP contribution < -0.4 is 4.74 Å². The lowest BCUT2D eigenvalue weighted by Gasteiger charge is -2.33. The molecule has 1 aliphatic rings. The molecular formula is C20H22ClNO2.